The second-order valence-electron chi connectivity index (χ2n) is 14.6. The van der Waals surface area contributed by atoms with Crippen molar-refractivity contribution in [1.29, 1.82) is 0 Å². The maximum atomic E-state index is 2.56. The van der Waals surface area contributed by atoms with Crippen LogP contribution in [0.3, 0.4) is 0 Å². The first-order chi connectivity index (χ1) is 21.5. The van der Waals surface area contributed by atoms with E-state index in [0.29, 0.717) is 5.92 Å². The summed E-state index contributed by atoms with van der Waals surface area (Å²) in [5.41, 5.74) is 7.17. The van der Waals surface area contributed by atoms with Crippen molar-refractivity contribution in [1.82, 2.24) is 0 Å². The van der Waals surface area contributed by atoms with Gasteiger partial charge in [0.1, 0.15) is 0 Å². The SMILES string of the molecule is CC1C=C(N(c2ccccc2)C2(C)C=CC(N(c3cccc4ccccc34)C(C)(C)c3ccc(C(C)(C)C)cc3)=CC2)C=CC1. The number of allylic oxidation sites excluding steroid dienone is 4. The van der Waals surface area contributed by atoms with E-state index in [1.807, 2.05) is 0 Å². The molecule has 0 saturated heterocycles. The maximum Gasteiger partial charge on any atom is 0.0646 e. The molecule has 230 valence electrons. The van der Waals surface area contributed by atoms with Crippen molar-refractivity contribution in [3.8, 4) is 0 Å². The molecule has 0 bridgehead atoms. The monoisotopic (exact) mass is 592 g/mol. The molecule has 0 amide bonds. The second-order valence-corrected chi connectivity index (χ2v) is 14.6. The topological polar surface area (TPSA) is 6.48 Å². The number of hydrogen-bond acceptors (Lipinski definition) is 2. The minimum atomic E-state index is -0.312. The summed E-state index contributed by atoms with van der Waals surface area (Å²) in [5.74, 6) is 0.519. The van der Waals surface area contributed by atoms with Gasteiger partial charge in [0.05, 0.1) is 11.1 Å². The predicted molar refractivity (Wildman–Crippen MR) is 195 cm³/mol. The Labute approximate surface area is 271 Å². The van der Waals surface area contributed by atoms with E-state index >= 15 is 0 Å². The molecule has 2 nitrogen and oxygen atoms in total. The van der Waals surface area contributed by atoms with Crippen LogP contribution in [-0.4, -0.2) is 5.54 Å². The van der Waals surface area contributed by atoms with Crippen molar-refractivity contribution >= 4 is 22.1 Å². The van der Waals surface area contributed by atoms with Gasteiger partial charge in [-0.15, -0.1) is 0 Å². The number of anilines is 2. The Kier molecular flexibility index (Phi) is 8.12. The van der Waals surface area contributed by atoms with Crippen LogP contribution in [0.15, 0.2) is 145 Å². The highest BCUT2D eigenvalue weighted by Crippen LogP contribution is 2.44. The van der Waals surface area contributed by atoms with Crippen molar-refractivity contribution in [3.05, 3.63) is 156 Å². The summed E-state index contributed by atoms with van der Waals surface area (Å²) in [6.45, 7) is 16.2. The van der Waals surface area contributed by atoms with E-state index in [9.17, 15) is 0 Å². The number of nitrogens with zero attached hydrogens (tertiary/aromatic N) is 2. The van der Waals surface area contributed by atoms with E-state index in [0.717, 1.165) is 12.8 Å². The van der Waals surface area contributed by atoms with Gasteiger partial charge in [-0.1, -0.05) is 131 Å². The van der Waals surface area contributed by atoms with E-state index in [-0.39, 0.29) is 16.5 Å². The molecule has 4 aromatic carbocycles. The summed E-state index contributed by atoms with van der Waals surface area (Å²) in [5, 5.41) is 2.52. The van der Waals surface area contributed by atoms with E-state index in [2.05, 4.69) is 192 Å². The molecule has 2 atom stereocenters. The normalized spacial score (nSPS) is 20.1. The smallest absolute Gasteiger partial charge is 0.0646 e. The lowest BCUT2D eigenvalue weighted by atomic mass is 9.83. The highest BCUT2D eigenvalue weighted by atomic mass is 15.2. The van der Waals surface area contributed by atoms with Crippen LogP contribution in [0.25, 0.3) is 10.8 Å². The van der Waals surface area contributed by atoms with Gasteiger partial charge in [0.25, 0.3) is 0 Å². The molecule has 4 aromatic rings. The molecule has 6 rings (SSSR count). The molecule has 0 aromatic heterocycles. The summed E-state index contributed by atoms with van der Waals surface area (Å²) in [6.07, 6.45) is 16.3. The van der Waals surface area contributed by atoms with Gasteiger partial charge in [0, 0.05) is 28.2 Å². The second kappa shape index (κ2) is 11.9. The molecule has 0 fully saturated rings. The molecule has 0 heterocycles. The van der Waals surface area contributed by atoms with Gasteiger partial charge >= 0.3 is 0 Å². The van der Waals surface area contributed by atoms with Crippen molar-refractivity contribution in [2.24, 2.45) is 5.92 Å². The first-order valence-electron chi connectivity index (χ1n) is 16.5. The number of para-hydroxylation sites is 1. The van der Waals surface area contributed by atoms with Gasteiger partial charge in [0.15, 0.2) is 0 Å². The first-order valence-corrected chi connectivity index (χ1v) is 16.5. The molecule has 0 saturated carbocycles. The number of rotatable bonds is 7. The molecule has 2 aliphatic rings. The lowest BCUT2D eigenvalue weighted by Crippen LogP contribution is -2.47. The van der Waals surface area contributed by atoms with Gasteiger partial charge in [0.2, 0.25) is 0 Å². The molecular weight excluding hydrogens is 544 g/mol. The number of benzene rings is 4. The molecule has 0 N–H and O–H groups in total. The molecule has 2 unspecified atom stereocenters. The van der Waals surface area contributed by atoms with Gasteiger partial charge in [-0.2, -0.15) is 0 Å². The van der Waals surface area contributed by atoms with Gasteiger partial charge in [-0.25, -0.2) is 0 Å². The average Bonchev–Trinajstić information content (AvgIpc) is 3.02. The Balaban J connectivity index is 1.45. The van der Waals surface area contributed by atoms with Crippen LogP contribution >= 0.6 is 0 Å². The first kappa shape index (κ1) is 30.7. The zero-order chi connectivity index (χ0) is 31.8. The Bertz CT molecular complexity index is 1770. The third-order valence-electron chi connectivity index (χ3n) is 9.65. The molecule has 2 heteroatoms. The van der Waals surface area contributed by atoms with Crippen molar-refractivity contribution < 1.29 is 0 Å². The Morgan fingerprint density at radius 1 is 0.711 bits per heavy atom. The molecule has 2 aliphatic carbocycles. The van der Waals surface area contributed by atoms with E-state index in [1.54, 1.807) is 0 Å². The molecule has 0 radical (unpaired) electrons. The van der Waals surface area contributed by atoms with Crippen LogP contribution in [0.2, 0.25) is 0 Å². The quantitative estimate of drug-likeness (QED) is 0.211. The van der Waals surface area contributed by atoms with E-state index in [4.69, 9.17) is 0 Å². The summed E-state index contributed by atoms with van der Waals surface area (Å²) in [6, 6.07) is 35.6. The van der Waals surface area contributed by atoms with Crippen LogP contribution in [0.5, 0.6) is 0 Å². The van der Waals surface area contributed by atoms with Crippen LogP contribution in [0, 0.1) is 5.92 Å². The van der Waals surface area contributed by atoms with Gasteiger partial charge in [-0.3, -0.25) is 0 Å². The minimum absolute atomic E-state index is 0.114. The number of fused-ring (bicyclic) bond motifs is 1. The minimum Gasteiger partial charge on any atom is -0.332 e. The molecular formula is C43H48N2. The zero-order valence-electron chi connectivity index (χ0n) is 28.1. The van der Waals surface area contributed by atoms with Gasteiger partial charge in [-0.05, 0) is 91.8 Å². The standard InChI is InChI=1S/C43H48N2/c1-32-15-13-20-38(31-32)44(36-18-9-8-10-19-36)43(7)29-27-37(28-30-43)45(40-22-14-17-33-16-11-12-21-39(33)40)42(5,6)35-25-23-34(24-26-35)41(2,3)4/h8-14,16-29,31-32H,15,30H2,1-7H3. The van der Waals surface area contributed by atoms with Crippen LogP contribution in [-0.2, 0) is 11.0 Å². The fraction of sp³-hybridized carbons (Fsp3) is 0.302. The fourth-order valence-electron chi connectivity index (χ4n) is 7.00. The lowest BCUT2D eigenvalue weighted by molar-refractivity contribution is 0.507. The van der Waals surface area contributed by atoms with Crippen LogP contribution in [0.1, 0.15) is 72.4 Å². The van der Waals surface area contributed by atoms with E-state index in [1.165, 1.54) is 44.7 Å². The van der Waals surface area contributed by atoms with E-state index < -0.39 is 0 Å². The summed E-state index contributed by atoms with van der Waals surface area (Å²) in [7, 11) is 0. The Morgan fingerprint density at radius 3 is 2.04 bits per heavy atom. The third-order valence-corrected chi connectivity index (χ3v) is 9.65. The van der Waals surface area contributed by atoms with Crippen LogP contribution in [0.4, 0.5) is 11.4 Å². The highest BCUT2D eigenvalue weighted by molar-refractivity contribution is 5.95. The van der Waals surface area contributed by atoms with Crippen molar-refractivity contribution in [2.75, 3.05) is 9.80 Å². The average molecular weight is 593 g/mol. The lowest BCUT2D eigenvalue weighted by Gasteiger charge is -2.47. The van der Waals surface area contributed by atoms with Crippen molar-refractivity contribution in [3.63, 3.8) is 0 Å². The van der Waals surface area contributed by atoms with Crippen molar-refractivity contribution in [2.45, 2.75) is 77.8 Å². The summed E-state index contributed by atoms with van der Waals surface area (Å²) >= 11 is 0. The highest BCUT2D eigenvalue weighted by Gasteiger charge is 2.37. The predicted octanol–water partition coefficient (Wildman–Crippen LogP) is 11.5. The van der Waals surface area contributed by atoms with Crippen LogP contribution < -0.4 is 9.80 Å². The summed E-state index contributed by atoms with van der Waals surface area (Å²) < 4.78 is 0. The number of hydrogen-bond donors (Lipinski definition) is 0. The van der Waals surface area contributed by atoms with Gasteiger partial charge < -0.3 is 9.80 Å². The Morgan fingerprint density at radius 2 is 1.38 bits per heavy atom. The molecule has 0 spiro atoms. The Hall–Kier alpha value is -4.30. The third kappa shape index (κ3) is 6.03. The fourth-order valence-corrected chi connectivity index (χ4v) is 7.00. The molecule has 45 heavy (non-hydrogen) atoms. The zero-order valence-corrected chi connectivity index (χ0v) is 28.1. The summed E-state index contributed by atoms with van der Waals surface area (Å²) in [4.78, 5) is 5.09. The molecule has 0 aliphatic heterocycles. The largest absolute Gasteiger partial charge is 0.332 e. The maximum absolute atomic E-state index is 2.56.